The standard InChI is InChI=1S/C18H19ClO2/c1-3-4-5-13-6-8-14(9-7-13)18(20)16-12-15(19)10-11-17(16)21-2/h6-12H,3-5H2,1-2H3. The van der Waals surface area contributed by atoms with Gasteiger partial charge < -0.3 is 4.74 Å². The van der Waals surface area contributed by atoms with Crippen molar-refractivity contribution in [1.29, 1.82) is 0 Å². The highest BCUT2D eigenvalue weighted by atomic mass is 35.5. The van der Waals surface area contributed by atoms with Crippen LogP contribution in [0.1, 0.15) is 41.3 Å². The SMILES string of the molecule is CCCCc1ccc(C(=O)c2cc(Cl)ccc2OC)cc1. The molecule has 110 valence electrons. The Morgan fingerprint density at radius 3 is 2.48 bits per heavy atom. The number of aryl methyl sites for hydroxylation is 1. The van der Waals surface area contributed by atoms with Crippen molar-refractivity contribution in [2.75, 3.05) is 7.11 Å². The van der Waals surface area contributed by atoms with E-state index in [1.165, 1.54) is 12.0 Å². The first kappa shape index (κ1) is 15.6. The van der Waals surface area contributed by atoms with Crippen LogP contribution in [0, 0.1) is 0 Å². The van der Waals surface area contributed by atoms with Gasteiger partial charge in [0.1, 0.15) is 5.75 Å². The van der Waals surface area contributed by atoms with Crippen molar-refractivity contribution < 1.29 is 9.53 Å². The number of carbonyl (C=O) groups excluding carboxylic acids is 1. The number of benzene rings is 2. The molecule has 0 saturated carbocycles. The van der Waals surface area contributed by atoms with E-state index in [4.69, 9.17) is 16.3 Å². The predicted octanol–water partition coefficient (Wildman–Crippen LogP) is 4.92. The molecule has 2 aromatic rings. The molecular weight excluding hydrogens is 284 g/mol. The minimum Gasteiger partial charge on any atom is -0.496 e. The van der Waals surface area contributed by atoms with Crippen molar-refractivity contribution in [2.45, 2.75) is 26.2 Å². The maximum Gasteiger partial charge on any atom is 0.196 e. The Hall–Kier alpha value is -1.80. The van der Waals surface area contributed by atoms with Crippen LogP contribution in [0.25, 0.3) is 0 Å². The molecule has 0 saturated heterocycles. The van der Waals surface area contributed by atoms with Gasteiger partial charge in [-0.15, -0.1) is 0 Å². The average Bonchev–Trinajstić information content (AvgIpc) is 2.52. The van der Waals surface area contributed by atoms with Crippen molar-refractivity contribution in [3.8, 4) is 5.75 Å². The molecule has 0 atom stereocenters. The van der Waals surface area contributed by atoms with E-state index in [1.54, 1.807) is 25.3 Å². The van der Waals surface area contributed by atoms with Crippen LogP contribution in [0.3, 0.4) is 0 Å². The van der Waals surface area contributed by atoms with Gasteiger partial charge in [-0.05, 0) is 36.6 Å². The molecule has 2 rings (SSSR count). The molecular formula is C18H19ClO2. The molecule has 0 bridgehead atoms. The van der Waals surface area contributed by atoms with Gasteiger partial charge in [0, 0.05) is 10.6 Å². The molecule has 0 aromatic heterocycles. The Morgan fingerprint density at radius 2 is 1.86 bits per heavy atom. The Balaban J connectivity index is 2.25. The Kier molecular flexibility index (Phi) is 5.40. The summed E-state index contributed by atoms with van der Waals surface area (Å²) >= 11 is 5.98. The van der Waals surface area contributed by atoms with Crippen molar-refractivity contribution in [3.63, 3.8) is 0 Å². The van der Waals surface area contributed by atoms with Crippen molar-refractivity contribution >= 4 is 17.4 Å². The second-order valence-corrected chi connectivity index (χ2v) is 5.41. The van der Waals surface area contributed by atoms with Crippen LogP contribution in [0.5, 0.6) is 5.75 Å². The van der Waals surface area contributed by atoms with E-state index in [1.807, 2.05) is 24.3 Å². The summed E-state index contributed by atoms with van der Waals surface area (Å²) in [5.41, 5.74) is 2.40. The fourth-order valence-corrected chi connectivity index (χ4v) is 2.39. The van der Waals surface area contributed by atoms with E-state index in [0.717, 1.165) is 12.8 Å². The summed E-state index contributed by atoms with van der Waals surface area (Å²) in [6.45, 7) is 2.17. The van der Waals surface area contributed by atoms with Gasteiger partial charge in [-0.25, -0.2) is 0 Å². The van der Waals surface area contributed by atoms with E-state index < -0.39 is 0 Å². The zero-order chi connectivity index (χ0) is 15.2. The van der Waals surface area contributed by atoms with Crippen LogP contribution in [0.4, 0.5) is 0 Å². The number of methoxy groups -OCH3 is 1. The molecule has 0 unspecified atom stereocenters. The Labute approximate surface area is 130 Å². The average molecular weight is 303 g/mol. The van der Waals surface area contributed by atoms with Crippen LogP contribution >= 0.6 is 11.6 Å². The van der Waals surface area contributed by atoms with Crippen LogP contribution < -0.4 is 4.74 Å². The predicted molar refractivity (Wildman–Crippen MR) is 86.5 cm³/mol. The lowest BCUT2D eigenvalue weighted by atomic mass is 10.00. The van der Waals surface area contributed by atoms with Gasteiger partial charge in [0.05, 0.1) is 12.7 Å². The largest absolute Gasteiger partial charge is 0.496 e. The van der Waals surface area contributed by atoms with Crippen LogP contribution in [0.15, 0.2) is 42.5 Å². The van der Waals surface area contributed by atoms with Crippen molar-refractivity contribution in [3.05, 3.63) is 64.2 Å². The van der Waals surface area contributed by atoms with Crippen LogP contribution in [0.2, 0.25) is 5.02 Å². The summed E-state index contributed by atoms with van der Waals surface area (Å²) in [5, 5.41) is 0.527. The summed E-state index contributed by atoms with van der Waals surface area (Å²) in [6, 6.07) is 12.8. The molecule has 0 fully saturated rings. The first-order valence-corrected chi connectivity index (χ1v) is 7.50. The Morgan fingerprint density at radius 1 is 1.14 bits per heavy atom. The molecule has 0 aliphatic heterocycles. The zero-order valence-electron chi connectivity index (χ0n) is 12.4. The lowest BCUT2D eigenvalue weighted by molar-refractivity contribution is 0.103. The summed E-state index contributed by atoms with van der Waals surface area (Å²) in [5.74, 6) is 0.468. The van der Waals surface area contributed by atoms with Crippen LogP contribution in [-0.2, 0) is 6.42 Å². The van der Waals surface area contributed by atoms with Crippen molar-refractivity contribution in [1.82, 2.24) is 0 Å². The lowest BCUT2D eigenvalue weighted by Gasteiger charge is -2.08. The van der Waals surface area contributed by atoms with E-state index in [2.05, 4.69) is 6.92 Å². The van der Waals surface area contributed by atoms with Gasteiger partial charge in [-0.2, -0.15) is 0 Å². The minimum atomic E-state index is -0.0728. The molecule has 0 aliphatic rings. The third kappa shape index (κ3) is 3.85. The van der Waals surface area contributed by atoms with E-state index in [-0.39, 0.29) is 5.78 Å². The maximum absolute atomic E-state index is 12.6. The summed E-state index contributed by atoms with van der Waals surface area (Å²) in [7, 11) is 1.55. The zero-order valence-corrected chi connectivity index (χ0v) is 13.1. The molecule has 3 heteroatoms. The number of rotatable bonds is 6. The number of carbonyl (C=O) groups is 1. The summed E-state index contributed by atoms with van der Waals surface area (Å²) < 4.78 is 5.24. The Bertz CT molecular complexity index is 618. The summed E-state index contributed by atoms with van der Waals surface area (Å²) in [6.07, 6.45) is 3.38. The first-order valence-electron chi connectivity index (χ1n) is 7.13. The van der Waals surface area contributed by atoms with E-state index in [0.29, 0.717) is 21.9 Å². The lowest BCUT2D eigenvalue weighted by Crippen LogP contribution is -2.04. The number of ether oxygens (including phenoxy) is 1. The van der Waals surface area contributed by atoms with Gasteiger partial charge in [0.25, 0.3) is 0 Å². The fraction of sp³-hybridized carbons (Fsp3) is 0.278. The monoisotopic (exact) mass is 302 g/mol. The van der Waals surface area contributed by atoms with Gasteiger partial charge in [-0.1, -0.05) is 49.2 Å². The van der Waals surface area contributed by atoms with E-state index in [9.17, 15) is 4.79 Å². The molecule has 0 radical (unpaired) electrons. The molecule has 0 aliphatic carbocycles. The smallest absolute Gasteiger partial charge is 0.196 e. The molecule has 2 aromatic carbocycles. The highest BCUT2D eigenvalue weighted by Crippen LogP contribution is 2.25. The van der Waals surface area contributed by atoms with Crippen molar-refractivity contribution in [2.24, 2.45) is 0 Å². The van der Waals surface area contributed by atoms with Gasteiger partial charge >= 0.3 is 0 Å². The van der Waals surface area contributed by atoms with Gasteiger partial charge in [0.2, 0.25) is 0 Å². The third-order valence-corrected chi connectivity index (χ3v) is 3.68. The molecule has 21 heavy (non-hydrogen) atoms. The first-order chi connectivity index (χ1) is 10.2. The van der Waals surface area contributed by atoms with Gasteiger partial charge in [-0.3, -0.25) is 4.79 Å². The molecule has 0 N–H and O–H groups in total. The summed E-state index contributed by atoms with van der Waals surface area (Å²) in [4.78, 5) is 12.6. The maximum atomic E-state index is 12.6. The van der Waals surface area contributed by atoms with Crippen LogP contribution in [-0.4, -0.2) is 12.9 Å². The number of halogens is 1. The minimum absolute atomic E-state index is 0.0728. The third-order valence-electron chi connectivity index (χ3n) is 3.44. The molecule has 0 spiro atoms. The number of unbranched alkanes of at least 4 members (excludes halogenated alkanes) is 1. The molecule has 0 amide bonds. The number of hydrogen-bond donors (Lipinski definition) is 0. The fourth-order valence-electron chi connectivity index (χ4n) is 2.22. The van der Waals surface area contributed by atoms with E-state index >= 15 is 0 Å². The second-order valence-electron chi connectivity index (χ2n) is 4.97. The number of ketones is 1. The number of hydrogen-bond acceptors (Lipinski definition) is 2. The normalized spacial score (nSPS) is 10.4. The molecule has 0 heterocycles. The topological polar surface area (TPSA) is 26.3 Å². The quantitative estimate of drug-likeness (QED) is 0.708. The van der Waals surface area contributed by atoms with Gasteiger partial charge in [0.15, 0.2) is 5.78 Å². The highest BCUT2D eigenvalue weighted by molar-refractivity contribution is 6.31. The second kappa shape index (κ2) is 7.28. The highest BCUT2D eigenvalue weighted by Gasteiger charge is 2.15. The molecule has 2 nitrogen and oxygen atoms in total.